The second-order valence-electron chi connectivity index (χ2n) is 4.88. The van der Waals surface area contributed by atoms with Crippen LogP contribution >= 0.6 is 0 Å². The van der Waals surface area contributed by atoms with Crippen LogP contribution in [0.5, 0.6) is 5.75 Å². The summed E-state index contributed by atoms with van der Waals surface area (Å²) < 4.78 is 5.69. The zero-order valence-electron chi connectivity index (χ0n) is 11.1. The maximum atomic E-state index is 11.0. The Kier molecular flexibility index (Phi) is 3.03. The summed E-state index contributed by atoms with van der Waals surface area (Å²) in [7, 11) is 0. The van der Waals surface area contributed by atoms with Crippen LogP contribution < -0.4 is 4.74 Å². The zero-order chi connectivity index (χ0) is 14.1. The Labute approximate surface area is 117 Å². The summed E-state index contributed by atoms with van der Waals surface area (Å²) in [6, 6.07) is 13.1. The quantitative estimate of drug-likeness (QED) is 0.903. The normalized spacial score (nSPS) is 13.2. The van der Waals surface area contributed by atoms with Crippen LogP contribution in [0.25, 0.3) is 11.6 Å². The third kappa shape index (κ3) is 2.30. The number of aromatic carboxylic acids is 1. The van der Waals surface area contributed by atoms with Crippen LogP contribution in [-0.4, -0.2) is 17.7 Å². The average molecular weight is 266 g/mol. The number of benzene rings is 2. The number of ether oxygens (including phenoxy) is 1. The Bertz CT molecular complexity index is 697. The highest BCUT2D eigenvalue weighted by atomic mass is 16.5. The number of hydrogen-bond donors (Lipinski definition) is 1. The topological polar surface area (TPSA) is 46.5 Å². The number of carbonyl (C=O) groups is 1. The molecule has 0 fully saturated rings. The first kappa shape index (κ1) is 12.5. The Balaban J connectivity index is 2.02. The van der Waals surface area contributed by atoms with Gasteiger partial charge >= 0.3 is 5.97 Å². The van der Waals surface area contributed by atoms with Gasteiger partial charge in [0.1, 0.15) is 12.4 Å². The van der Waals surface area contributed by atoms with Gasteiger partial charge in [0.25, 0.3) is 0 Å². The smallest absolute Gasteiger partial charge is 0.335 e. The lowest BCUT2D eigenvalue weighted by molar-refractivity contribution is 0.0697. The molecule has 3 nitrogen and oxygen atoms in total. The van der Waals surface area contributed by atoms with E-state index in [0.29, 0.717) is 6.61 Å². The third-order valence-corrected chi connectivity index (χ3v) is 3.39. The molecule has 1 N–H and O–H groups in total. The number of fused-ring (bicyclic) bond motifs is 1. The van der Waals surface area contributed by atoms with Gasteiger partial charge in [0, 0.05) is 5.56 Å². The van der Waals surface area contributed by atoms with Crippen LogP contribution in [0.4, 0.5) is 0 Å². The molecule has 2 aromatic carbocycles. The highest BCUT2D eigenvalue weighted by molar-refractivity contribution is 5.91. The first-order valence-corrected chi connectivity index (χ1v) is 6.41. The van der Waals surface area contributed by atoms with Crippen molar-refractivity contribution in [1.82, 2.24) is 0 Å². The van der Waals surface area contributed by atoms with Gasteiger partial charge in [-0.1, -0.05) is 29.8 Å². The van der Waals surface area contributed by atoms with E-state index in [0.717, 1.165) is 22.4 Å². The Hall–Kier alpha value is -2.55. The maximum absolute atomic E-state index is 11.0. The van der Waals surface area contributed by atoms with Crippen LogP contribution in [0.3, 0.4) is 0 Å². The van der Waals surface area contributed by atoms with E-state index in [2.05, 4.69) is 24.3 Å². The summed E-state index contributed by atoms with van der Waals surface area (Å²) in [4.78, 5) is 11.0. The van der Waals surface area contributed by atoms with Crippen LogP contribution in [0, 0.1) is 6.92 Å². The van der Waals surface area contributed by atoms with Crippen molar-refractivity contribution in [2.45, 2.75) is 6.92 Å². The predicted octanol–water partition coefficient (Wildman–Crippen LogP) is 3.63. The van der Waals surface area contributed by atoms with Crippen molar-refractivity contribution in [1.29, 1.82) is 0 Å². The highest BCUT2D eigenvalue weighted by Crippen LogP contribution is 2.31. The summed E-state index contributed by atoms with van der Waals surface area (Å²) in [6.07, 6.45) is 2.00. The minimum Gasteiger partial charge on any atom is -0.488 e. The fourth-order valence-corrected chi connectivity index (χ4v) is 2.24. The van der Waals surface area contributed by atoms with Crippen LogP contribution in [0.15, 0.2) is 42.5 Å². The molecule has 100 valence electrons. The number of carboxylic acids is 1. The summed E-state index contributed by atoms with van der Waals surface area (Å²) in [5.74, 6) is -0.200. The molecular weight excluding hydrogens is 252 g/mol. The Morgan fingerprint density at radius 3 is 2.60 bits per heavy atom. The van der Waals surface area contributed by atoms with Crippen molar-refractivity contribution < 1.29 is 14.6 Å². The predicted molar refractivity (Wildman–Crippen MR) is 77.9 cm³/mol. The van der Waals surface area contributed by atoms with Crippen molar-refractivity contribution in [2.24, 2.45) is 0 Å². The van der Waals surface area contributed by atoms with Crippen LogP contribution in [0.2, 0.25) is 0 Å². The minimum atomic E-state index is -0.927. The van der Waals surface area contributed by atoms with E-state index in [1.165, 1.54) is 5.56 Å². The molecule has 0 amide bonds. The Morgan fingerprint density at radius 1 is 1.15 bits per heavy atom. The molecule has 0 aliphatic carbocycles. The number of carboxylic acid groups (broad SMARTS) is 1. The lowest BCUT2D eigenvalue weighted by atomic mass is 9.99. The lowest BCUT2D eigenvalue weighted by Crippen LogP contribution is -2.08. The van der Waals surface area contributed by atoms with Gasteiger partial charge in [-0.3, -0.25) is 0 Å². The van der Waals surface area contributed by atoms with Gasteiger partial charge in [0.05, 0.1) is 5.56 Å². The molecule has 0 atom stereocenters. The molecule has 1 heterocycles. The van der Waals surface area contributed by atoms with Gasteiger partial charge in [0.2, 0.25) is 0 Å². The van der Waals surface area contributed by atoms with Crippen molar-refractivity contribution >= 4 is 17.6 Å². The van der Waals surface area contributed by atoms with Gasteiger partial charge < -0.3 is 9.84 Å². The average Bonchev–Trinajstić information content (AvgIpc) is 2.47. The van der Waals surface area contributed by atoms with Gasteiger partial charge in [-0.15, -0.1) is 0 Å². The number of rotatable bonds is 2. The number of hydrogen-bond acceptors (Lipinski definition) is 2. The minimum absolute atomic E-state index is 0.272. The molecule has 0 saturated carbocycles. The fourth-order valence-electron chi connectivity index (χ4n) is 2.24. The van der Waals surface area contributed by atoms with E-state index in [-0.39, 0.29) is 5.56 Å². The molecule has 2 aromatic rings. The molecule has 20 heavy (non-hydrogen) atoms. The van der Waals surface area contributed by atoms with Crippen molar-refractivity contribution in [3.63, 3.8) is 0 Å². The van der Waals surface area contributed by atoms with Crippen molar-refractivity contribution in [3.05, 3.63) is 64.7 Å². The van der Waals surface area contributed by atoms with E-state index in [1.54, 1.807) is 18.2 Å². The molecule has 0 saturated heterocycles. The summed E-state index contributed by atoms with van der Waals surface area (Å²) >= 11 is 0. The molecule has 1 aliphatic rings. The molecule has 1 aliphatic heterocycles. The molecule has 0 aromatic heterocycles. The second kappa shape index (κ2) is 4.85. The molecule has 3 heteroatoms. The molecule has 0 spiro atoms. The SMILES string of the molecule is Cc1ccc(C2=Cc3cc(C(=O)O)ccc3OC2)cc1. The van der Waals surface area contributed by atoms with E-state index in [9.17, 15) is 4.79 Å². The van der Waals surface area contributed by atoms with Gasteiger partial charge in [0.15, 0.2) is 0 Å². The summed E-state index contributed by atoms with van der Waals surface area (Å²) in [6.45, 7) is 2.55. The maximum Gasteiger partial charge on any atom is 0.335 e. The van der Waals surface area contributed by atoms with Gasteiger partial charge in [-0.05, 0) is 42.3 Å². The Morgan fingerprint density at radius 2 is 1.90 bits per heavy atom. The van der Waals surface area contributed by atoms with E-state index < -0.39 is 5.97 Å². The lowest BCUT2D eigenvalue weighted by Gasteiger charge is -2.18. The molecule has 0 bridgehead atoms. The molecule has 0 radical (unpaired) electrons. The summed E-state index contributed by atoms with van der Waals surface area (Å²) in [5, 5.41) is 9.04. The first-order chi connectivity index (χ1) is 9.63. The molecular formula is C17H14O3. The molecule has 3 rings (SSSR count). The van der Waals surface area contributed by atoms with E-state index in [1.807, 2.05) is 13.0 Å². The van der Waals surface area contributed by atoms with Crippen LogP contribution in [-0.2, 0) is 0 Å². The van der Waals surface area contributed by atoms with Crippen LogP contribution in [0.1, 0.15) is 27.0 Å². The zero-order valence-corrected chi connectivity index (χ0v) is 11.1. The third-order valence-electron chi connectivity index (χ3n) is 3.39. The first-order valence-electron chi connectivity index (χ1n) is 6.41. The standard InChI is InChI=1S/C17H14O3/c1-11-2-4-12(5-3-11)15-9-14-8-13(17(18)19)6-7-16(14)20-10-15/h2-9H,10H2,1H3,(H,18,19). The monoisotopic (exact) mass is 266 g/mol. The van der Waals surface area contributed by atoms with Gasteiger partial charge in [-0.25, -0.2) is 4.79 Å². The van der Waals surface area contributed by atoms with E-state index >= 15 is 0 Å². The highest BCUT2D eigenvalue weighted by Gasteiger charge is 2.14. The van der Waals surface area contributed by atoms with E-state index in [4.69, 9.17) is 9.84 Å². The molecule has 0 unspecified atom stereocenters. The van der Waals surface area contributed by atoms with Gasteiger partial charge in [-0.2, -0.15) is 0 Å². The summed E-state index contributed by atoms with van der Waals surface area (Å²) in [5.41, 5.74) is 4.45. The fraction of sp³-hybridized carbons (Fsp3) is 0.118. The second-order valence-corrected chi connectivity index (χ2v) is 4.88. The van der Waals surface area contributed by atoms with Crippen molar-refractivity contribution in [3.8, 4) is 5.75 Å². The largest absolute Gasteiger partial charge is 0.488 e. The van der Waals surface area contributed by atoms with Crippen molar-refractivity contribution in [2.75, 3.05) is 6.61 Å². The number of aryl methyl sites for hydroxylation is 1.